The van der Waals surface area contributed by atoms with Crippen molar-refractivity contribution in [2.24, 2.45) is 4.99 Å². The molecule has 3 rings (SSSR count). The Morgan fingerprint density at radius 3 is 2.50 bits per heavy atom. The predicted molar refractivity (Wildman–Crippen MR) is 111 cm³/mol. The summed E-state index contributed by atoms with van der Waals surface area (Å²) >= 11 is 1.49. The van der Waals surface area contributed by atoms with Gasteiger partial charge in [-0.2, -0.15) is 4.99 Å². The van der Waals surface area contributed by atoms with Crippen molar-refractivity contribution in [2.45, 2.75) is 20.4 Å². The van der Waals surface area contributed by atoms with E-state index in [0.29, 0.717) is 35.0 Å². The van der Waals surface area contributed by atoms with E-state index in [2.05, 4.69) is 31.0 Å². The molecule has 0 aliphatic rings. The summed E-state index contributed by atoms with van der Waals surface area (Å²) in [7, 11) is 4.75. The largest absolute Gasteiger partial charge is 0.497 e. The Morgan fingerprint density at radius 1 is 1.07 bits per heavy atom. The molecular weight excluding hydrogens is 376 g/mol. The Morgan fingerprint density at radius 2 is 1.82 bits per heavy atom. The van der Waals surface area contributed by atoms with E-state index in [0.717, 1.165) is 10.2 Å². The van der Waals surface area contributed by atoms with E-state index in [4.69, 9.17) is 14.2 Å². The lowest BCUT2D eigenvalue weighted by Crippen LogP contribution is -2.19. The molecule has 0 radical (unpaired) electrons. The SMILES string of the molecule is COCCn1c(=NC(=O)c2cc(OC)ccc2OC)sc2cc(C)c(C)cc21. The summed E-state index contributed by atoms with van der Waals surface area (Å²) in [5, 5.41) is 0. The lowest BCUT2D eigenvalue weighted by molar-refractivity contribution is 0.0994. The van der Waals surface area contributed by atoms with Crippen molar-refractivity contribution in [2.75, 3.05) is 27.9 Å². The molecule has 0 saturated carbocycles. The molecule has 0 atom stereocenters. The van der Waals surface area contributed by atoms with E-state index in [9.17, 15) is 4.79 Å². The Labute approximate surface area is 168 Å². The second kappa shape index (κ2) is 8.58. The van der Waals surface area contributed by atoms with Crippen molar-refractivity contribution in [3.63, 3.8) is 0 Å². The summed E-state index contributed by atoms with van der Waals surface area (Å²) in [5.74, 6) is 0.668. The first kappa shape index (κ1) is 20.1. The molecule has 0 spiro atoms. The number of amides is 1. The highest BCUT2D eigenvalue weighted by molar-refractivity contribution is 7.16. The molecule has 0 saturated heterocycles. The average molecular weight is 401 g/mol. The molecule has 3 aromatic rings. The molecule has 28 heavy (non-hydrogen) atoms. The highest BCUT2D eigenvalue weighted by Gasteiger charge is 2.15. The van der Waals surface area contributed by atoms with Gasteiger partial charge in [0.15, 0.2) is 4.80 Å². The molecule has 148 valence electrons. The lowest BCUT2D eigenvalue weighted by Gasteiger charge is -2.08. The van der Waals surface area contributed by atoms with Crippen LogP contribution < -0.4 is 14.3 Å². The Bertz CT molecular complexity index is 1080. The van der Waals surface area contributed by atoms with Gasteiger partial charge in [-0.25, -0.2) is 0 Å². The Kier molecular flexibility index (Phi) is 6.16. The zero-order chi connectivity index (χ0) is 20.3. The van der Waals surface area contributed by atoms with Crippen LogP contribution in [0.5, 0.6) is 11.5 Å². The number of aromatic nitrogens is 1. The van der Waals surface area contributed by atoms with Gasteiger partial charge in [-0.05, 0) is 55.3 Å². The summed E-state index contributed by atoms with van der Waals surface area (Å²) < 4.78 is 18.9. The first-order chi connectivity index (χ1) is 13.5. The van der Waals surface area contributed by atoms with E-state index in [1.165, 1.54) is 29.6 Å². The third-order valence-electron chi connectivity index (χ3n) is 4.65. The standard InChI is InChI=1S/C21H24N2O4S/c1-13-10-17-19(11-14(13)2)28-21(23(17)8-9-25-3)22-20(24)16-12-15(26-4)6-7-18(16)27-5/h6-7,10-12H,8-9H2,1-5H3. The van der Waals surface area contributed by atoms with Crippen molar-refractivity contribution in [1.82, 2.24) is 4.57 Å². The van der Waals surface area contributed by atoms with Crippen LogP contribution >= 0.6 is 11.3 Å². The number of benzene rings is 2. The summed E-state index contributed by atoms with van der Waals surface area (Å²) in [4.78, 5) is 18.0. The fraction of sp³-hybridized carbons (Fsp3) is 0.333. The van der Waals surface area contributed by atoms with Gasteiger partial charge in [-0.15, -0.1) is 0 Å². The second-order valence-corrected chi connectivity index (χ2v) is 7.43. The van der Waals surface area contributed by atoms with E-state index in [-0.39, 0.29) is 5.91 Å². The molecule has 0 unspecified atom stereocenters. The average Bonchev–Trinajstić information content (AvgIpc) is 3.01. The quantitative estimate of drug-likeness (QED) is 0.633. The smallest absolute Gasteiger partial charge is 0.283 e. The highest BCUT2D eigenvalue weighted by atomic mass is 32.1. The van der Waals surface area contributed by atoms with Gasteiger partial charge < -0.3 is 18.8 Å². The number of aryl methyl sites for hydroxylation is 2. The zero-order valence-corrected chi connectivity index (χ0v) is 17.6. The first-order valence-corrected chi connectivity index (χ1v) is 9.70. The number of nitrogens with zero attached hydrogens (tertiary/aromatic N) is 2. The molecule has 0 fully saturated rings. The molecule has 0 bridgehead atoms. The highest BCUT2D eigenvalue weighted by Crippen LogP contribution is 2.25. The number of rotatable bonds is 6. The van der Waals surface area contributed by atoms with Gasteiger partial charge in [-0.1, -0.05) is 11.3 Å². The number of ether oxygens (including phenoxy) is 3. The molecule has 1 heterocycles. The van der Waals surface area contributed by atoms with Crippen LogP contribution in [0.4, 0.5) is 0 Å². The molecule has 7 heteroatoms. The number of carbonyl (C=O) groups is 1. The van der Waals surface area contributed by atoms with E-state index >= 15 is 0 Å². The second-order valence-electron chi connectivity index (χ2n) is 6.42. The van der Waals surface area contributed by atoms with Crippen molar-refractivity contribution < 1.29 is 19.0 Å². The maximum Gasteiger partial charge on any atom is 0.283 e. The normalized spacial score (nSPS) is 11.8. The van der Waals surface area contributed by atoms with Crippen molar-refractivity contribution in [3.05, 3.63) is 51.8 Å². The summed E-state index contributed by atoms with van der Waals surface area (Å²) in [6, 6.07) is 9.37. The van der Waals surface area contributed by atoms with Crippen LogP contribution in [0.2, 0.25) is 0 Å². The van der Waals surface area contributed by atoms with Gasteiger partial charge in [0.05, 0.1) is 36.6 Å². The van der Waals surface area contributed by atoms with Crippen molar-refractivity contribution in [3.8, 4) is 11.5 Å². The zero-order valence-electron chi connectivity index (χ0n) is 16.7. The number of hydrogen-bond donors (Lipinski definition) is 0. The Balaban J connectivity index is 2.16. The van der Waals surface area contributed by atoms with Crippen LogP contribution in [-0.4, -0.2) is 38.4 Å². The predicted octanol–water partition coefficient (Wildman–Crippen LogP) is 3.72. The molecule has 0 aliphatic heterocycles. The third-order valence-corrected chi connectivity index (χ3v) is 5.69. The first-order valence-electron chi connectivity index (χ1n) is 8.89. The van der Waals surface area contributed by atoms with E-state index < -0.39 is 0 Å². The number of methoxy groups -OCH3 is 3. The summed E-state index contributed by atoms with van der Waals surface area (Å²) in [5.41, 5.74) is 3.82. The Hall–Kier alpha value is -2.64. The van der Waals surface area contributed by atoms with Gasteiger partial charge in [0.1, 0.15) is 11.5 Å². The van der Waals surface area contributed by atoms with E-state index in [1.54, 1.807) is 32.4 Å². The maximum absolute atomic E-state index is 13.0. The molecule has 0 N–H and O–H groups in total. The van der Waals surface area contributed by atoms with Gasteiger partial charge in [0, 0.05) is 13.7 Å². The molecular formula is C21H24N2O4S. The molecule has 0 aliphatic carbocycles. The number of hydrogen-bond acceptors (Lipinski definition) is 5. The summed E-state index contributed by atoms with van der Waals surface area (Å²) in [6.07, 6.45) is 0. The van der Waals surface area contributed by atoms with Crippen LogP contribution in [0.25, 0.3) is 10.2 Å². The minimum Gasteiger partial charge on any atom is -0.497 e. The molecule has 2 aromatic carbocycles. The fourth-order valence-corrected chi connectivity index (χ4v) is 4.07. The molecule has 1 aromatic heterocycles. The van der Waals surface area contributed by atoms with Crippen LogP contribution in [0, 0.1) is 13.8 Å². The van der Waals surface area contributed by atoms with E-state index in [1.807, 2.05) is 4.57 Å². The number of fused-ring (bicyclic) bond motifs is 1. The molecule has 6 nitrogen and oxygen atoms in total. The van der Waals surface area contributed by atoms with Gasteiger partial charge in [-0.3, -0.25) is 4.79 Å². The van der Waals surface area contributed by atoms with Crippen LogP contribution in [-0.2, 0) is 11.3 Å². The minimum atomic E-state index is -0.373. The van der Waals surface area contributed by atoms with Crippen molar-refractivity contribution in [1.29, 1.82) is 0 Å². The van der Waals surface area contributed by atoms with Crippen LogP contribution in [0.3, 0.4) is 0 Å². The van der Waals surface area contributed by atoms with Gasteiger partial charge in [0.2, 0.25) is 0 Å². The fourth-order valence-electron chi connectivity index (χ4n) is 2.93. The summed E-state index contributed by atoms with van der Waals surface area (Å²) in [6.45, 7) is 5.30. The van der Waals surface area contributed by atoms with Crippen LogP contribution in [0.1, 0.15) is 21.5 Å². The van der Waals surface area contributed by atoms with Gasteiger partial charge >= 0.3 is 0 Å². The minimum absolute atomic E-state index is 0.366. The van der Waals surface area contributed by atoms with Crippen LogP contribution in [0.15, 0.2) is 35.3 Å². The number of carbonyl (C=O) groups excluding carboxylic acids is 1. The number of thiazole rings is 1. The van der Waals surface area contributed by atoms with Crippen molar-refractivity contribution >= 4 is 27.5 Å². The molecule has 1 amide bonds. The maximum atomic E-state index is 13.0. The topological polar surface area (TPSA) is 62.1 Å². The van der Waals surface area contributed by atoms with Gasteiger partial charge in [0.25, 0.3) is 5.91 Å². The lowest BCUT2D eigenvalue weighted by atomic mass is 10.1. The third kappa shape index (κ3) is 3.95. The monoisotopic (exact) mass is 400 g/mol.